The third-order valence-corrected chi connectivity index (χ3v) is 3.60. The van der Waals surface area contributed by atoms with E-state index in [4.69, 9.17) is 4.74 Å². The Morgan fingerprint density at radius 3 is 2.56 bits per heavy atom. The van der Waals surface area contributed by atoms with Gasteiger partial charge < -0.3 is 9.72 Å². The average molecular weight is 302 g/mol. The SMILES string of the molecule is COc1cc2cc(-c3ccccc3)[nH]c2cc1Br. The van der Waals surface area contributed by atoms with Gasteiger partial charge in [-0.1, -0.05) is 30.3 Å². The molecule has 1 aromatic heterocycles. The maximum Gasteiger partial charge on any atom is 0.133 e. The van der Waals surface area contributed by atoms with E-state index in [0.29, 0.717) is 0 Å². The van der Waals surface area contributed by atoms with Gasteiger partial charge in [-0.25, -0.2) is 0 Å². The smallest absolute Gasteiger partial charge is 0.133 e. The molecule has 1 heterocycles. The molecule has 18 heavy (non-hydrogen) atoms. The van der Waals surface area contributed by atoms with Crippen molar-refractivity contribution in [3.05, 3.63) is 53.0 Å². The van der Waals surface area contributed by atoms with Crippen LogP contribution in [0.4, 0.5) is 0 Å². The number of aromatic nitrogens is 1. The predicted molar refractivity (Wildman–Crippen MR) is 78.0 cm³/mol. The number of nitrogens with one attached hydrogen (secondary N) is 1. The van der Waals surface area contributed by atoms with Gasteiger partial charge in [0.25, 0.3) is 0 Å². The van der Waals surface area contributed by atoms with Crippen molar-refractivity contribution in [2.24, 2.45) is 0 Å². The summed E-state index contributed by atoms with van der Waals surface area (Å²) in [4.78, 5) is 3.42. The lowest BCUT2D eigenvalue weighted by molar-refractivity contribution is 0.413. The van der Waals surface area contributed by atoms with Crippen molar-refractivity contribution in [2.75, 3.05) is 7.11 Å². The molecule has 3 heteroatoms. The molecule has 3 rings (SSSR count). The van der Waals surface area contributed by atoms with Crippen LogP contribution in [-0.2, 0) is 0 Å². The molecule has 0 atom stereocenters. The first-order chi connectivity index (χ1) is 8.78. The van der Waals surface area contributed by atoms with E-state index in [-0.39, 0.29) is 0 Å². The van der Waals surface area contributed by atoms with E-state index >= 15 is 0 Å². The monoisotopic (exact) mass is 301 g/mol. The summed E-state index contributed by atoms with van der Waals surface area (Å²) in [7, 11) is 1.68. The summed E-state index contributed by atoms with van der Waals surface area (Å²) in [5.74, 6) is 0.848. The highest BCUT2D eigenvalue weighted by Gasteiger charge is 2.07. The summed E-state index contributed by atoms with van der Waals surface area (Å²) in [6, 6.07) is 16.5. The number of rotatable bonds is 2. The van der Waals surface area contributed by atoms with Crippen LogP contribution in [-0.4, -0.2) is 12.1 Å². The van der Waals surface area contributed by atoms with Crippen molar-refractivity contribution >= 4 is 26.8 Å². The van der Waals surface area contributed by atoms with E-state index in [1.165, 1.54) is 5.56 Å². The fourth-order valence-electron chi connectivity index (χ4n) is 2.06. The molecule has 90 valence electrons. The normalized spacial score (nSPS) is 10.8. The lowest BCUT2D eigenvalue weighted by Gasteiger charge is -2.02. The summed E-state index contributed by atoms with van der Waals surface area (Å²) in [6.45, 7) is 0. The third-order valence-electron chi connectivity index (χ3n) is 2.98. The quantitative estimate of drug-likeness (QED) is 0.735. The maximum atomic E-state index is 5.31. The molecule has 0 fully saturated rings. The zero-order valence-corrected chi connectivity index (χ0v) is 11.5. The van der Waals surface area contributed by atoms with Gasteiger partial charge in [0.15, 0.2) is 0 Å². The number of halogens is 1. The minimum Gasteiger partial charge on any atom is -0.496 e. The molecule has 1 N–H and O–H groups in total. The lowest BCUT2D eigenvalue weighted by atomic mass is 10.1. The van der Waals surface area contributed by atoms with Gasteiger partial charge in [-0.05, 0) is 39.7 Å². The molecule has 0 aliphatic heterocycles. The Balaban J connectivity index is 2.17. The standard InChI is InChI=1S/C15H12BrNO/c1-18-15-8-11-7-13(10-5-3-2-4-6-10)17-14(11)9-12(15)16/h2-9,17H,1H3. The van der Waals surface area contributed by atoms with Gasteiger partial charge in [-0.15, -0.1) is 0 Å². The number of methoxy groups -OCH3 is 1. The summed E-state index contributed by atoms with van der Waals surface area (Å²) in [6.07, 6.45) is 0. The molecule has 0 bridgehead atoms. The Labute approximate surface area is 114 Å². The number of aromatic amines is 1. The van der Waals surface area contributed by atoms with Gasteiger partial charge in [0, 0.05) is 16.6 Å². The van der Waals surface area contributed by atoms with Crippen LogP contribution < -0.4 is 4.74 Å². The Kier molecular flexibility index (Phi) is 2.84. The van der Waals surface area contributed by atoms with Crippen molar-refractivity contribution in [3.8, 4) is 17.0 Å². The van der Waals surface area contributed by atoms with E-state index in [1.807, 2.05) is 30.3 Å². The number of hydrogen-bond acceptors (Lipinski definition) is 1. The van der Waals surface area contributed by atoms with E-state index in [0.717, 1.165) is 26.8 Å². The van der Waals surface area contributed by atoms with Crippen LogP contribution in [0.25, 0.3) is 22.2 Å². The highest BCUT2D eigenvalue weighted by molar-refractivity contribution is 9.10. The summed E-state index contributed by atoms with van der Waals surface area (Å²) >= 11 is 3.50. The second-order valence-corrected chi connectivity index (χ2v) is 4.98. The average Bonchev–Trinajstić information content (AvgIpc) is 2.81. The van der Waals surface area contributed by atoms with Crippen molar-refractivity contribution in [1.82, 2.24) is 4.98 Å². The Bertz CT molecular complexity index is 688. The number of ether oxygens (including phenoxy) is 1. The van der Waals surface area contributed by atoms with Gasteiger partial charge in [0.2, 0.25) is 0 Å². The molecular weight excluding hydrogens is 290 g/mol. The minimum atomic E-state index is 0.848. The summed E-state index contributed by atoms with van der Waals surface area (Å²) in [5.41, 5.74) is 3.40. The molecule has 0 amide bonds. The Morgan fingerprint density at radius 2 is 1.83 bits per heavy atom. The molecule has 0 aliphatic rings. The highest BCUT2D eigenvalue weighted by atomic mass is 79.9. The van der Waals surface area contributed by atoms with Crippen LogP contribution in [0.3, 0.4) is 0 Å². The van der Waals surface area contributed by atoms with Crippen molar-refractivity contribution < 1.29 is 4.74 Å². The van der Waals surface area contributed by atoms with E-state index in [1.54, 1.807) is 7.11 Å². The van der Waals surface area contributed by atoms with Crippen molar-refractivity contribution in [3.63, 3.8) is 0 Å². The van der Waals surface area contributed by atoms with Gasteiger partial charge in [0.1, 0.15) is 5.75 Å². The topological polar surface area (TPSA) is 25.0 Å². The Hall–Kier alpha value is -1.74. The highest BCUT2D eigenvalue weighted by Crippen LogP contribution is 2.32. The van der Waals surface area contributed by atoms with Crippen LogP contribution in [0, 0.1) is 0 Å². The minimum absolute atomic E-state index is 0.848. The van der Waals surface area contributed by atoms with E-state index < -0.39 is 0 Å². The van der Waals surface area contributed by atoms with Crippen LogP contribution in [0.5, 0.6) is 5.75 Å². The molecule has 0 saturated heterocycles. The number of H-pyrrole nitrogens is 1. The number of fused-ring (bicyclic) bond motifs is 1. The molecule has 0 unspecified atom stereocenters. The second kappa shape index (κ2) is 4.50. The van der Waals surface area contributed by atoms with E-state index in [2.05, 4.69) is 39.1 Å². The van der Waals surface area contributed by atoms with Crippen LogP contribution in [0.15, 0.2) is 53.0 Å². The lowest BCUT2D eigenvalue weighted by Crippen LogP contribution is -1.83. The molecule has 0 aliphatic carbocycles. The molecule has 2 aromatic carbocycles. The molecule has 0 saturated carbocycles. The Morgan fingerprint density at radius 1 is 1.06 bits per heavy atom. The van der Waals surface area contributed by atoms with Crippen LogP contribution in [0.2, 0.25) is 0 Å². The zero-order valence-electron chi connectivity index (χ0n) is 9.91. The zero-order chi connectivity index (χ0) is 12.5. The summed E-state index contributed by atoms with van der Waals surface area (Å²) in [5, 5.41) is 1.15. The predicted octanol–water partition coefficient (Wildman–Crippen LogP) is 4.61. The van der Waals surface area contributed by atoms with Crippen LogP contribution in [0.1, 0.15) is 0 Å². The van der Waals surface area contributed by atoms with Gasteiger partial charge >= 0.3 is 0 Å². The first-order valence-corrected chi connectivity index (χ1v) is 6.49. The van der Waals surface area contributed by atoms with Gasteiger partial charge in [0.05, 0.1) is 11.6 Å². The first-order valence-electron chi connectivity index (χ1n) is 5.69. The number of hydrogen-bond donors (Lipinski definition) is 1. The van der Waals surface area contributed by atoms with Crippen LogP contribution >= 0.6 is 15.9 Å². The molecule has 0 radical (unpaired) electrons. The van der Waals surface area contributed by atoms with Gasteiger partial charge in [-0.2, -0.15) is 0 Å². The fraction of sp³-hybridized carbons (Fsp3) is 0.0667. The second-order valence-electron chi connectivity index (χ2n) is 4.12. The number of benzene rings is 2. The molecule has 0 spiro atoms. The largest absolute Gasteiger partial charge is 0.496 e. The third kappa shape index (κ3) is 1.91. The fourth-order valence-corrected chi connectivity index (χ4v) is 2.57. The van der Waals surface area contributed by atoms with Gasteiger partial charge in [-0.3, -0.25) is 0 Å². The van der Waals surface area contributed by atoms with Crippen molar-refractivity contribution in [1.29, 1.82) is 0 Å². The van der Waals surface area contributed by atoms with Crippen molar-refractivity contribution in [2.45, 2.75) is 0 Å². The molecular formula is C15H12BrNO. The first kappa shape index (κ1) is 11.4. The molecule has 2 nitrogen and oxygen atoms in total. The maximum absolute atomic E-state index is 5.31. The molecule has 3 aromatic rings. The summed E-state index contributed by atoms with van der Waals surface area (Å²) < 4.78 is 6.26. The van der Waals surface area contributed by atoms with E-state index in [9.17, 15) is 0 Å².